The molecule has 1 aromatic heterocycles. The lowest BCUT2D eigenvalue weighted by Crippen LogP contribution is -2.23. The minimum Gasteiger partial charge on any atom is -0.477 e. The van der Waals surface area contributed by atoms with E-state index in [1.165, 1.54) is 6.07 Å². The largest absolute Gasteiger partial charge is 0.477 e. The van der Waals surface area contributed by atoms with Crippen LogP contribution >= 0.6 is 0 Å². The van der Waals surface area contributed by atoms with Crippen molar-refractivity contribution >= 4 is 27.5 Å². The number of aromatic carboxylic acids is 1. The third-order valence-electron chi connectivity index (χ3n) is 2.66. The second-order valence-electron chi connectivity index (χ2n) is 4.06. The molecule has 1 aliphatic rings. The lowest BCUT2D eigenvalue weighted by Gasteiger charge is -2.06. The van der Waals surface area contributed by atoms with Crippen LogP contribution in [-0.4, -0.2) is 47.1 Å². The number of carbonyl (C=O) groups is 2. The molecule has 18 heavy (non-hydrogen) atoms. The average molecular weight is 273 g/mol. The zero-order valence-corrected chi connectivity index (χ0v) is 10.0. The molecule has 0 aliphatic carbocycles. The highest BCUT2D eigenvalue weighted by molar-refractivity contribution is 7.91. The van der Waals surface area contributed by atoms with Gasteiger partial charge >= 0.3 is 5.97 Å². The van der Waals surface area contributed by atoms with Crippen LogP contribution in [0, 0.1) is 5.92 Å². The van der Waals surface area contributed by atoms with Crippen LogP contribution in [0.3, 0.4) is 0 Å². The van der Waals surface area contributed by atoms with Crippen LogP contribution in [0.15, 0.2) is 6.07 Å². The first-order valence-electron chi connectivity index (χ1n) is 5.17. The van der Waals surface area contributed by atoms with Crippen LogP contribution in [0.2, 0.25) is 0 Å². The molecule has 0 bridgehead atoms. The van der Waals surface area contributed by atoms with E-state index in [0.29, 0.717) is 0 Å². The minimum absolute atomic E-state index is 0.00598. The van der Waals surface area contributed by atoms with Gasteiger partial charge < -0.3 is 10.4 Å². The highest BCUT2D eigenvalue weighted by Gasteiger charge is 2.33. The zero-order valence-electron chi connectivity index (χ0n) is 9.21. The van der Waals surface area contributed by atoms with Crippen molar-refractivity contribution in [3.05, 3.63) is 11.8 Å². The molecule has 1 saturated heterocycles. The summed E-state index contributed by atoms with van der Waals surface area (Å²) in [6.07, 6.45) is 0.282. The Labute approximate surface area is 102 Å². The molecule has 1 fully saturated rings. The fourth-order valence-corrected chi connectivity index (χ4v) is 3.47. The molecule has 1 atom stereocenters. The van der Waals surface area contributed by atoms with Gasteiger partial charge in [-0.1, -0.05) is 0 Å². The van der Waals surface area contributed by atoms with Crippen LogP contribution < -0.4 is 5.32 Å². The molecular weight excluding hydrogens is 262 g/mol. The van der Waals surface area contributed by atoms with Crippen molar-refractivity contribution in [2.24, 2.45) is 5.92 Å². The monoisotopic (exact) mass is 273 g/mol. The lowest BCUT2D eigenvalue weighted by atomic mass is 10.1. The smallest absolute Gasteiger partial charge is 0.353 e. The summed E-state index contributed by atoms with van der Waals surface area (Å²) in [4.78, 5) is 22.3. The van der Waals surface area contributed by atoms with E-state index in [4.69, 9.17) is 5.11 Å². The van der Waals surface area contributed by atoms with Crippen LogP contribution in [0.1, 0.15) is 16.9 Å². The quantitative estimate of drug-likeness (QED) is 0.679. The number of amides is 1. The van der Waals surface area contributed by atoms with Gasteiger partial charge in [-0.25, -0.2) is 13.2 Å². The minimum atomic E-state index is -3.12. The molecule has 8 nitrogen and oxygen atoms in total. The first-order valence-corrected chi connectivity index (χ1v) is 6.99. The summed E-state index contributed by atoms with van der Waals surface area (Å²) in [6, 6.07) is 1.17. The van der Waals surface area contributed by atoms with Gasteiger partial charge in [-0.2, -0.15) is 5.10 Å². The van der Waals surface area contributed by atoms with Crippen LogP contribution in [0.25, 0.3) is 0 Å². The Kier molecular flexibility index (Phi) is 3.07. The summed E-state index contributed by atoms with van der Waals surface area (Å²) in [5.41, 5.74) is -0.149. The number of aromatic amines is 1. The zero-order chi connectivity index (χ0) is 13.3. The maximum atomic E-state index is 11.7. The number of hydrogen-bond donors (Lipinski definition) is 3. The fraction of sp³-hybridized carbons (Fsp3) is 0.444. The van der Waals surface area contributed by atoms with Gasteiger partial charge in [-0.15, -0.1) is 0 Å². The Morgan fingerprint density at radius 2 is 2.22 bits per heavy atom. The summed E-state index contributed by atoms with van der Waals surface area (Å²) in [6.45, 7) is 0. The topological polar surface area (TPSA) is 129 Å². The number of hydrogen-bond acceptors (Lipinski definition) is 5. The second kappa shape index (κ2) is 4.41. The van der Waals surface area contributed by atoms with Gasteiger partial charge in [0, 0.05) is 6.07 Å². The van der Waals surface area contributed by atoms with Crippen molar-refractivity contribution < 1.29 is 23.1 Å². The molecule has 1 aliphatic heterocycles. The molecule has 3 N–H and O–H groups in total. The van der Waals surface area contributed by atoms with E-state index < -0.39 is 27.6 Å². The van der Waals surface area contributed by atoms with E-state index >= 15 is 0 Å². The van der Waals surface area contributed by atoms with Crippen molar-refractivity contribution in [3.8, 4) is 0 Å². The third kappa shape index (κ3) is 2.67. The van der Waals surface area contributed by atoms with E-state index in [2.05, 4.69) is 15.5 Å². The summed E-state index contributed by atoms with van der Waals surface area (Å²) >= 11 is 0. The predicted octanol–water partition coefficient (Wildman–Crippen LogP) is -0.519. The van der Waals surface area contributed by atoms with E-state index in [9.17, 15) is 18.0 Å². The van der Waals surface area contributed by atoms with Gasteiger partial charge in [-0.05, 0) is 6.42 Å². The number of aromatic nitrogens is 2. The van der Waals surface area contributed by atoms with Crippen molar-refractivity contribution in [1.29, 1.82) is 0 Å². The number of sulfone groups is 1. The predicted molar refractivity (Wildman–Crippen MR) is 60.9 cm³/mol. The maximum Gasteiger partial charge on any atom is 0.353 e. The highest BCUT2D eigenvalue weighted by atomic mass is 32.2. The van der Waals surface area contributed by atoms with Crippen molar-refractivity contribution in [1.82, 2.24) is 10.2 Å². The summed E-state index contributed by atoms with van der Waals surface area (Å²) in [5.74, 6) is -2.34. The average Bonchev–Trinajstić information content (AvgIpc) is 2.84. The molecule has 2 heterocycles. The molecule has 98 valence electrons. The maximum absolute atomic E-state index is 11.7. The van der Waals surface area contributed by atoms with Crippen molar-refractivity contribution in [3.63, 3.8) is 0 Å². The molecule has 2 rings (SSSR count). The Bertz CT molecular complexity index is 591. The Hall–Kier alpha value is -1.90. The Morgan fingerprint density at radius 1 is 1.50 bits per heavy atom. The number of H-pyrrole nitrogens is 1. The molecule has 0 saturated carbocycles. The van der Waals surface area contributed by atoms with Crippen molar-refractivity contribution in [2.75, 3.05) is 16.8 Å². The molecule has 1 amide bonds. The molecule has 1 aromatic rings. The first-order chi connectivity index (χ1) is 8.37. The first kappa shape index (κ1) is 12.6. The van der Waals surface area contributed by atoms with Gasteiger partial charge in [-0.3, -0.25) is 9.89 Å². The Morgan fingerprint density at radius 3 is 2.72 bits per heavy atom. The highest BCUT2D eigenvalue weighted by Crippen LogP contribution is 2.20. The molecule has 9 heteroatoms. The molecule has 0 aromatic carbocycles. The normalized spacial score (nSPS) is 21.7. The van der Waals surface area contributed by atoms with E-state index in [-0.39, 0.29) is 29.4 Å². The number of nitrogens with zero attached hydrogens (tertiary/aromatic N) is 1. The summed E-state index contributed by atoms with van der Waals surface area (Å²) < 4.78 is 22.4. The van der Waals surface area contributed by atoms with Crippen molar-refractivity contribution in [2.45, 2.75) is 6.42 Å². The summed E-state index contributed by atoms with van der Waals surface area (Å²) in [5, 5.41) is 16.9. The fourth-order valence-electron chi connectivity index (χ4n) is 1.73. The molecule has 1 unspecified atom stereocenters. The van der Waals surface area contributed by atoms with Crippen LogP contribution in [0.5, 0.6) is 0 Å². The SMILES string of the molecule is O=C(O)c1cc(NC(=O)C2CCS(=O)(=O)C2)n[nH]1. The summed E-state index contributed by atoms with van der Waals surface area (Å²) in [7, 11) is -3.12. The number of carbonyl (C=O) groups excluding carboxylic acids is 1. The molecule has 0 radical (unpaired) electrons. The Balaban J connectivity index is 2.01. The number of carboxylic acids is 1. The van der Waals surface area contributed by atoms with Gasteiger partial charge in [0.15, 0.2) is 15.7 Å². The van der Waals surface area contributed by atoms with E-state index in [1.807, 2.05) is 0 Å². The van der Waals surface area contributed by atoms with Gasteiger partial charge in [0.25, 0.3) is 0 Å². The number of nitrogens with one attached hydrogen (secondary N) is 2. The number of rotatable bonds is 3. The van der Waals surface area contributed by atoms with Gasteiger partial charge in [0.1, 0.15) is 5.69 Å². The number of anilines is 1. The number of carboxylic acid groups (broad SMARTS) is 1. The molecule has 0 spiro atoms. The second-order valence-corrected chi connectivity index (χ2v) is 6.29. The van der Waals surface area contributed by atoms with Crippen LogP contribution in [0.4, 0.5) is 5.82 Å². The van der Waals surface area contributed by atoms with Crippen LogP contribution in [-0.2, 0) is 14.6 Å². The van der Waals surface area contributed by atoms with E-state index in [0.717, 1.165) is 0 Å². The molecular formula is C9H11N3O5S. The van der Waals surface area contributed by atoms with Gasteiger partial charge in [0.2, 0.25) is 5.91 Å². The van der Waals surface area contributed by atoms with E-state index in [1.54, 1.807) is 0 Å². The lowest BCUT2D eigenvalue weighted by molar-refractivity contribution is -0.119. The van der Waals surface area contributed by atoms with Gasteiger partial charge in [0.05, 0.1) is 17.4 Å². The third-order valence-corrected chi connectivity index (χ3v) is 4.43. The standard InChI is InChI=1S/C9H11N3O5S/c13-8(5-1-2-18(16,17)4-5)10-7-3-6(9(14)15)11-12-7/h3,5H,1-2,4H2,(H,14,15)(H2,10,11,12,13).